The summed E-state index contributed by atoms with van der Waals surface area (Å²) in [5.41, 5.74) is -1.07. The third kappa shape index (κ3) is 3.16. The van der Waals surface area contributed by atoms with E-state index in [4.69, 9.17) is 10.8 Å². The minimum absolute atomic E-state index is 0.0200. The molecule has 5 nitrogen and oxygen atoms in total. The fourth-order valence-electron chi connectivity index (χ4n) is 2.81. The van der Waals surface area contributed by atoms with Crippen LogP contribution in [-0.2, 0) is 15.2 Å². The molecular weight excluding hydrogens is 386 g/mol. The Morgan fingerprint density at radius 2 is 2.24 bits per heavy atom. The van der Waals surface area contributed by atoms with E-state index in [0.717, 1.165) is 0 Å². The highest BCUT2D eigenvalue weighted by atomic mass is 79.9. The summed E-state index contributed by atoms with van der Waals surface area (Å²) in [5.74, 6) is 1.91. The van der Waals surface area contributed by atoms with Crippen molar-refractivity contribution < 1.29 is 19.1 Å². The number of hydrogen-bond donors (Lipinski definition) is 1. The Labute approximate surface area is 153 Å². The Morgan fingerprint density at radius 3 is 2.92 bits per heavy atom. The largest absolute Gasteiger partial charge is 0.465 e. The smallest absolute Gasteiger partial charge is 0.265 e. The SMILES string of the molecule is C#CCN1C(=O)[C@@](O)(CC(=O)/C=C/c2ccco2)c2cc(Br)ccc21. The highest BCUT2D eigenvalue weighted by Gasteiger charge is 2.50. The number of anilines is 1. The molecule has 126 valence electrons. The van der Waals surface area contributed by atoms with E-state index in [9.17, 15) is 14.7 Å². The number of aliphatic hydroxyl groups is 1. The maximum absolute atomic E-state index is 12.7. The maximum atomic E-state index is 12.7. The summed E-state index contributed by atoms with van der Waals surface area (Å²) in [6.07, 6.45) is 9.21. The minimum atomic E-state index is -1.94. The molecule has 3 rings (SSSR count). The van der Waals surface area contributed by atoms with Crippen molar-refractivity contribution in [3.63, 3.8) is 0 Å². The lowest BCUT2D eigenvalue weighted by atomic mass is 9.90. The number of terminal acetylenes is 1. The third-order valence-electron chi connectivity index (χ3n) is 3.95. The van der Waals surface area contributed by atoms with Crippen molar-refractivity contribution in [1.82, 2.24) is 0 Å². The molecule has 0 spiro atoms. The van der Waals surface area contributed by atoms with Crippen molar-refractivity contribution in [2.75, 3.05) is 11.4 Å². The van der Waals surface area contributed by atoms with Crippen molar-refractivity contribution in [2.45, 2.75) is 12.0 Å². The average molecular weight is 400 g/mol. The number of fused-ring (bicyclic) bond motifs is 1. The molecule has 1 aliphatic heterocycles. The number of furan rings is 1. The Kier molecular flexibility index (Phi) is 4.62. The van der Waals surface area contributed by atoms with Crippen molar-refractivity contribution in [1.29, 1.82) is 0 Å². The van der Waals surface area contributed by atoms with Crippen LogP contribution < -0.4 is 4.90 Å². The standard InChI is InChI=1S/C19H14BrNO4/c1-2-9-21-17-8-5-13(20)11-16(17)19(24,18(21)23)12-14(22)6-7-15-4-3-10-25-15/h1,3-8,10-11,24H,9,12H2/b7-6+/t19-/m1/s1. The van der Waals surface area contributed by atoms with Crippen LogP contribution in [0.4, 0.5) is 5.69 Å². The van der Waals surface area contributed by atoms with Crippen LogP contribution in [0.25, 0.3) is 6.08 Å². The highest BCUT2D eigenvalue weighted by molar-refractivity contribution is 9.10. The molecule has 2 aromatic rings. The highest BCUT2D eigenvalue weighted by Crippen LogP contribution is 2.43. The second-order valence-electron chi connectivity index (χ2n) is 5.61. The van der Waals surface area contributed by atoms with Gasteiger partial charge in [0.2, 0.25) is 0 Å². The van der Waals surface area contributed by atoms with Crippen LogP contribution >= 0.6 is 15.9 Å². The van der Waals surface area contributed by atoms with Gasteiger partial charge in [0.1, 0.15) is 5.76 Å². The summed E-state index contributed by atoms with van der Waals surface area (Å²) >= 11 is 3.33. The molecule has 0 unspecified atom stereocenters. The molecule has 1 atom stereocenters. The van der Waals surface area contributed by atoms with Gasteiger partial charge < -0.3 is 9.52 Å². The van der Waals surface area contributed by atoms with Gasteiger partial charge in [0.05, 0.1) is 24.9 Å². The number of carbonyl (C=O) groups is 2. The van der Waals surface area contributed by atoms with E-state index >= 15 is 0 Å². The zero-order valence-electron chi connectivity index (χ0n) is 13.1. The quantitative estimate of drug-likeness (QED) is 0.619. The topological polar surface area (TPSA) is 70.8 Å². The zero-order chi connectivity index (χ0) is 18.0. The van der Waals surface area contributed by atoms with Gasteiger partial charge in [-0.05, 0) is 42.5 Å². The lowest BCUT2D eigenvalue weighted by Gasteiger charge is -2.21. The molecule has 1 N–H and O–H groups in total. The zero-order valence-corrected chi connectivity index (χ0v) is 14.7. The van der Waals surface area contributed by atoms with Crippen molar-refractivity contribution >= 4 is 39.4 Å². The normalized spacial score (nSPS) is 19.2. The van der Waals surface area contributed by atoms with Gasteiger partial charge in [-0.15, -0.1) is 6.42 Å². The number of ketones is 1. The van der Waals surface area contributed by atoms with Crippen LogP contribution in [0.15, 0.2) is 51.6 Å². The predicted molar refractivity (Wildman–Crippen MR) is 96.6 cm³/mol. The summed E-state index contributed by atoms with van der Waals surface area (Å²) in [4.78, 5) is 26.3. The van der Waals surface area contributed by atoms with Crippen molar-refractivity contribution in [2.24, 2.45) is 0 Å². The van der Waals surface area contributed by atoms with E-state index in [-0.39, 0.29) is 13.0 Å². The van der Waals surface area contributed by atoms with Crippen molar-refractivity contribution in [3.8, 4) is 12.3 Å². The number of benzene rings is 1. The molecule has 0 aliphatic carbocycles. The summed E-state index contributed by atoms with van der Waals surface area (Å²) < 4.78 is 5.81. The van der Waals surface area contributed by atoms with Crippen LogP contribution in [0.2, 0.25) is 0 Å². The summed E-state index contributed by atoms with van der Waals surface area (Å²) in [5, 5.41) is 11.0. The predicted octanol–water partition coefficient (Wildman–Crippen LogP) is 2.88. The monoisotopic (exact) mass is 399 g/mol. The first kappa shape index (κ1) is 17.2. The Hall–Kier alpha value is -2.62. The number of hydrogen-bond acceptors (Lipinski definition) is 4. The number of allylic oxidation sites excluding steroid dienone is 1. The molecular formula is C19H14BrNO4. The molecule has 0 saturated heterocycles. The lowest BCUT2D eigenvalue weighted by molar-refractivity contribution is -0.140. The molecule has 0 bridgehead atoms. The molecule has 0 radical (unpaired) electrons. The molecule has 1 aromatic heterocycles. The Morgan fingerprint density at radius 1 is 1.44 bits per heavy atom. The molecule has 0 saturated carbocycles. The van der Waals surface area contributed by atoms with E-state index in [1.54, 1.807) is 30.3 Å². The van der Waals surface area contributed by atoms with Gasteiger partial charge in [0.25, 0.3) is 5.91 Å². The van der Waals surface area contributed by atoms with Crippen molar-refractivity contribution in [3.05, 3.63) is 58.5 Å². The maximum Gasteiger partial charge on any atom is 0.265 e. The Balaban J connectivity index is 1.91. The summed E-state index contributed by atoms with van der Waals surface area (Å²) in [6, 6.07) is 8.47. The fraction of sp³-hybridized carbons (Fsp3) is 0.158. The van der Waals surface area contributed by atoms with E-state index < -0.39 is 17.3 Å². The first-order chi connectivity index (χ1) is 12.0. The number of rotatable bonds is 5. The van der Waals surface area contributed by atoms with E-state index in [1.165, 1.54) is 23.3 Å². The molecule has 25 heavy (non-hydrogen) atoms. The van der Waals surface area contributed by atoms with E-state index in [1.807, 2.05) is 0 Å². The molecule has 1 aromatic carbocycles. The minimum Gasteiger partial charge on any atom is -0.465 e. The molecule has 1 aliphatic rings. The van der Waals surface area contributed by atoms with Crippen LogP contribution in [-0.4, -0.2) is 23.3 Å². The number of amides is 1. The third-order valence-corrected chi connectivity index (χ3v) is 4.44. The van der Waals surface area contributed by atoms with Crippen LogP contribution in [0.1, 0.15) is 17.7 Å². The first-order valence-electron chi connectivity index (χ1n) is 7.48. The van der Waals surface area contributed by atoms with Gasteiger partial charge in [0, 0.05) is 10.0 Å². The van der Waals surface area contributed by atoms with E-state index in [0.29, 0.717) is 21.5 Å². The second kappa shape index (κ2) is 6.71. The summed E-state index contributed by atoms with van der Waals surface area (Å²) in [7, 11) is 0. The number of nitrogens with zero attached hydrogens (tertiary/aromatic N) is 1. The molecule has 6 heteroatoms. The van der Waals surface area contributed by atoms with Gasteiger partial charge in [0.15, 0.2) is 11.4 Å². The average Bonchev–Trinajstić information content (AvgIpc) is 3.16. The number of carbonyl (C=O) groups excluding carboxylic acids is 2. The van der Waals surface area contributed by atoms with Gasteiger partial charge >= 0.3 is 0 Å². The van der Waals surface area contributed by atoms with Crippen LogP contribution in [0.3, 0.4) is 0 Å². The van der Waals surface area contributed by atoms with Gasteiger partial charge in [-0.2, -0.15) is 0 Å². The molecule has 0 fully saturated rings. The van der Waals surface area contributed by atoms with Gasteiger partial charge in [-0.3, -0.25) is 14.5 Å². The van der Waals surface area contributed by atoms with Crippen LogP contribution in [0, 0.1) is 12.3 Å². The summed E-state index contributed by atoms with van der Waals surface area (Å²) in [6.45, 7) is 0.0200. The molecule has 1 amide bonds. The van der Waals surface area contributed by atoms with Crippen LogP contribution in [0.5, 0.6) is 0 Å². The number of halogens is 1. The van der Waals surface area contributed by atoms with Gasteiger partial charge in [-0.1, -0.05) is 21.9 Å². The van der Waals surface area contributed by atoms with Gasteiger partial charge in [-0.25, -0.2) is 0 Å². The Bertz CT molecular complexity index is 895. The first-order valence-corrected chi connectivity index (χ1v) is 8.27. The lowest BCUT2D eigenvalue weighted by Crippen LogP contribution is -2.41. The second-order valence-corrected chi connectivity index (χ2v) is 6.52. The molecule has 2 heterocycles. The fourth-order valence-corrected chi connectivity index (χ4v) is 3.18. The van der Waals surface area contributed by atoms with E-state index in [2.05, 4.69) is 21.9 Å².